The Balaban J connectivity index is 0.000000278. The molecule has 0 aliphatic heterocycles. The Morgan fingerprint density at radius 1 is 0.906 bits per heavy atom. The average molecular weight is 520 g/mol. The maximum atomic E-state index is 12.4. The van der Waals surface area contributed by atoms with Crippen molar-refractivity contribution < 1.29 is 44.0 Å². The van der Waals surface area contributed by atoms with Crippen molar-refractivity contribution in [2.75, 3.05) is 0 Å². The van der Waals surface area contributed by atoms with Gasteiger partial charge in [-0.25, -0.2) is 9.97 Å². The fourth-order valence-electron chi connectivity index (χ4n) is 1.93. The van der Waals surface area contributed by atoms with Crippen LogP contribution in [0.2, 0.25) is 0 Å². The number of aliphatic hydroxyl groups is 1. The third-order valence-corrected chi connectivity index (χ3v) is 6.73. The van der Waals surface area contributed by atoms with Crippen LogP contribution in [0.1, 0.15) is 25.3 Å². The van der Waals surface area contributed by atoms with Crippen molar-refractivity contribution >= 4 is 32.8 Å². The Kier molecular flexibility index (Phi) is 8.38. The van der Waals surface area contributed by atoms with Gasteiger partial charge in [0.2, 0.25) is 0 Å². The molecule has 0 spiro atoms. The molecule has 0 fully saturated rings. The lowest BCUT2D eigenvalue weighted by Crippen LogP contribution is -2.06. The van der Waals surface area contributed by atoms with Crippen molar-refractivity contribution in [3.8, 4) is 0 Å². The van der Waals surface area contributed by atoms with Crippen molar-refractivity contribution in [2.45, 2.75) is 37.4 Å². The summed E-state index contributed by atoms with van der Waals surface area (Å²) in [4.78, 5) is 6.54. The van der Waals surface area contributed by atoms with Crippen molar-refractivity contribution in [1.29, 1.82) is 0 Å². The highest BCUT2D eigenvalue weighted by atomic mass is 32.2. The molecule has 32 heavy (non-hydrogen) atoms. The summed E-state index contributed by atoms with van der Waals surface area (Å²) < 4.78 is 101. The second-order valence-corrected chi connectivity index (χ2v) is 9.79. The number of hydrogen-bond acceptors (Lipinski definition) is 8. The third-order valence-electron chi connectivity index (χ3n) is 3.41. The highest BCUT2D eigenvalue weighted by molar-refractivity contribution is 7.86. The molecule has 1 aromatic carbocycles. The summed E-state index contributed by atoms with van der Waals surface area (Å²) in [6.07, 6.45) is -6.96. The lowest BCUT2D eigenvalue weighted by atomic mass is 10.2. The quantitative estimate of drug-likeness (QED) is 0.375. The Labute approximate surface area is 186 Å². The van der Waals surface area contributed by atoms with Gasteiger partial charge in [0, 0.05) is 12.4 Å². The van der Waals surface area contributed by atoms with Crippen LogP contribution >= 0.6 is 22.7 Å². The molecule has 2 aromatic heterocycles. The van der Waals surface area contributed by atoms with Gasteiger partial charge in [0.1, 0.15) is 6.61 Å². The van der Waals surface area contributed by atoms with Gasteiger partial charge in [-0.3, -0.25) is 4.18 Å². The first kappa shape index (κ1) is 26.2. The van der Waals surface area contributed by atoms with Crippen LogP contribution in [0.15, 0.2) is 41.6 Å². The first-order valence-corrected chi connectivity index (χ1v) is 11.4. The molecule has 0 unspecified atom stereocenters. The van der Waals surface area contributed by atoms with E-state index in [1.165, 1.54) is 12.1 Å². The van der Waals surface area contributed by atoms with Gasteiger partial charge in [0.05, 0.1) is 21.3 Å². The lowest BCUT2D eigenvalue weighted by molar-refractivity contribution is -0.138. The molecule has 0 bridgehead atoms. The SMILES string of the molecule is Cc1ccc(S(=O)(=O)OCc2cnc(C(F)(F)F)s2)cc1.OCc1cnc(C(F)(F)F)s1. The number of aromatic nitrogens is 2. The van der Waals surface area contributed by atoms with E-state index in [0.29, 0.717) is 22.7 Å². The van der Waals surface area contributed by atoms with Crippen molar-refractivity contribution in [3.63, 3.8) is 0 Å². The van der Waals surface area contributed by atoms with Crippen molar-refractivity contribution in [1.82, 2.24) is 9.97 Å². The van der Waals surface area contributed by atoms with Crippen LogP contribution in [-0.4, -0.2) is 23.5 Å². The standard InChI is InChI=1S/C12H10F3NO3S2.C5H4F3NOS/c1-8-2-4-10(5-3-8)21(17,18)19-7-9-6-16-11(20-9)12(13,14)15;6-5(7,8)4-9-1-3(2-10)11-4/h2-6H,7H2,1H3;1,10H,2H2. The zero-order valence-electron chi connectivity index (χ0n) is 15.9. The maximum absolute atomic E-state index is 12.4. The second kappa shape index (κ2) is 10.2. The van der Waals surface area contributed by atoms with Crippen LogP contribution in [0.25, 0.3) is 0 Å². The van der Waals surface area contributed by atoms with E-state index in [0.717, 1.165) is 18.0 Å². The van der Waals surface area contributed by atoms with Crippen LogP contribution in [-0.2, 0) is 39.9 Å². The molecular weight excluding hydrogens is 506 g/mol. The predicted octanol–water partition coefficient (Wildman–Crippen LogP) is 5.03. The zero-order valence-corrected chi connectivity index (χ0v) is 18.4. The number of hydrogen-bond donors (Lipinski definition) is 1. The summed E-state index contributed by atoms with van der Waals surface area (Å²) in [7, 11) is -4.00. The summed E-state index contributed by atoms with van der Waals surface area (Å²) >= 11 is 0.806. The molecule has 15 heteroatoms. The number of aryl methyl sites for hydroxylation is 1. The Morgan fingerprint density at radius 3 is 1.78 bits per heavy atom. The predicted molar refractivity (Wildman–Crippen MR) is 103 cm³/mol. The molecule has 1 N–H and O–H groups in total. The number of halogens is 6. The Bertz CT molecular complexity index is 1120. The van der Waals surface area contributed by atoms with Gasteiger partial charge in [-0.15, -0.1) is 22.7 Å². The van der Waals surface area contributed by atoms with Crippen molar-refractivity contribution in [3.05, 3.63) is 62.0 Å². The van der Waals surface area contributed by atoms with Gasteiger partial charge in [-0.1, -0.05) is 17.7 Å². The molecule has 0 amide bonds. The molecule has 0 saturated heterocycles. The summed E-state index contributed by atoms with van der Waals surface area (Å²) in [5.41, 5.74) is 0.881. The van der Waals surface area contributed by atoms with E-state index in [1.807, 2.05) is 0 Å². The van der Waals surface area contributed by atoms with Crippen molar-refractivity contribution in [2.24, 2.45) is 0 Å². The molecule has 0 atom stereocenters. The number of aliphatic hydroxyl groups excluding tert-OH is 1. The number of nitrogens with zero attached hydrogens (tertiary/aromatic N) is 2. The van der Waals surface area contributed by atoms with Crippen LogP contribution in [0, 0.1) is 6.92 Å². The van der Waals surface area contributed by atoms with Gasteiger partial charge in [-0.2, -0.15) is 34.8 Å². The first-order chi connectivity index (χ1) is 14.7. The molecular formula is C17H14F6N2O4S3. The second-order valence-electron chi connectivity index (χ2n) is 5.95. The minimum Gasteiger partial charge on any atom is -0.391 e. The third kappa shape index (κ3) is 7.51. The lowest BCUT2D eigenvalue weighted by Gasteiger charge is -2.04. The number of rotatable bonds is 5. The van der Waals surface area contributed by atoms with E-state index >= 15 is 0 Å². The van der Waals surface area contributed by atoms with E-state index in [2.05, 4.69) is 9.97 Å². The first-order valence-electron chi connectivity index (χ1n) is 8.33. The molecule has 0 aliphatic carbocycles. The number of thiazole rings is 2. The molecule has 2 heterocycles. The summed E-state index contributed by atoms with van der Waals surface area (Å²) in [5.74, 6) is 0. The van der Waals surface area contributed by atoms with Crippen LogP contribution in [0.5, 0.6) is 0 Å². The van der Waals surface area contributed by atoms with Gasteiger partial charge < -0.3 is 5.11 Å². The highest BCUT2D eigenvalue weighted by Crippen LogP contribution is 2.33. The zero-order chi connectivity index (χ0) is 24.2. The molecule has 0 saturated carbocycles. The summed E-state index contributed by atoms with van der Waals surface area (Å²) in [6, 6.07) is 5.95. The molecule has 176 valence electrons. The summed E-state index contributed by atoms with van der Waals surface area (Å²) in [5, 5.41) is 6.47. The average Bonchev–Trinajstić information content (AvgIpc) is 3.36. The Hall–Kier alpha value is -2.07. The maximum Gasteiger partial charge on any atom is 0.443 e. The van der Waals surface area contributed by atoms with E-state index in [4.69, 9.17) is 9.29 Å². The fourth-order valence-corrected chi connectivity index (χ4v) is 4.22. The van der Waals surface area contributed by atoms with Crippen LogP contribution in [0.4, 0.5) is 26.3 Å². The van der Waals surface area contributed by atoms with Crippen LogP contribution < -0.4 is 0 Å². The fraction of sp³-hybridized carbons (Fsp3) is 0.294. The van der Waals surface area contributed by atoms with E-state index in [-0.39, 0.29) is 14.6 Å². The smallest absolute Gasteiger partial charge is 0.391 e. The molecule has 3 rings (SSSR count). The molecule has 0 aliphatic rings. The van der Waals surface area contributed by atoms with Crippen LogP contribution in [0.3, 0.4) is 0 Å². The van der Waals surface area contributed by atoms with Gasteiger partial charge >= 0.3 is 12.4 Å². The number of benzene rings is 1. The molecule has 3 aromatic rings. The minimum atomic E-state index is -4.54. The molecule has 0 radical (unpaired) electrons. The Morgan fingerprint density at radius 2 is 1.38 bits per heavy atom. The largest absolute Gasteiger partial charge is 0.443 e. The normalized spacial score (nSPS) is 12.4. The van der Waals surface area contributed by atoms with Gasteiger partial charge in [0.25, 0.3) is 10.1 Å². The van der Waals surface area contributed by atoms with Gasteiger partial charge in [0.15, 0.2) is 10.0 Å². The molecule has 6 nitrogen and oxygen atoms in total. The van der Waals surface area contributed by atoms with Gasteiger partial charge in [-0.05, 0) is 19.1 Å². The number of alkyl halides is 6. The van der Waals surface area contributed by atoms with E-state index in [1.54, 1.807) is 19.1 Å². The minimum absolute atomic E-state index is 0.0475. The topological polar surface area (TPSA) is 89.4 Å². The van der Waals surface area contributed by atoms with E-state index in [9.17, 15) is 34.8 Å². The summed E-state index contributed by atoms with van der Waals surface area (Å²) in [6.45, 7) is 0.922. The monoisotopic (exact) mass is 520 g/mol. The van der Waals surface area contributed by atoms with E-state index < -0.39 is 45.7 Å². The highest BCUT2D eigenvalue weighted by Gasteiger charge is 2.35.